The lowest BCUT2D eigenvalue weighted by Crippen LogP contribution is -2.32. The first kappa shape index (κ1) is 15.9. The molecule has 0 saturated carbocycles. The summed E-state index contributed by atoms with van der Waals surface area (Å²) in [4.78, 5) is 20.3. The largest absolute Gasteiger partial charge is 0.376 e. The van der Waals surface area contributed by atoms with Crippen LogP contribution in [-0.4, -0.2) is 35.1 Å². The highest BCUT2D eigenvalue weighted by Gasteiger charge is 2.17. The molecule has 0 bridgehead atoms. The van der Waals surface area contributed by atoms with Gasteiger partial charge in [-0.2, -0.15) is 5.26 Å². The molecule has 24 heavy (non-hydrogen) atoms. The number of hydrogen-bond donors (Lipinski definition) is 2. The average Bonchev–Trinajstić information content (AvgIpc) is 3.14. The molecule has 2 N–H and O–H groups in total. The molecular weight excluding hydrogens is 306 g/mol. The number of nitrogens with one attached hydrogen (secondary N) is 2. The molecule has 2 aromatic rings. The van der Waals surface area contributed by atoms with E-state index in [1.165, 1.54) is 12.4 Å². The van der Waals surface area contributed by atoms with Gasteiger partial charge < -0.3 is 15.4 Å². The van der Waals surface area contributed by atoms with Gasteiger partial charge in [-0.25, -0.2) is 9.97 Å². The van der Waals surface area contributed by atoms with Crippen molar-refractivity contribution in [1.82, 2.24) is 15.3 Å². The molecule has 7 heteroatoms. The standard InChI is InChI=1S/C17H17N5O2/c18-8-12-3-5-13(6-4-12)22-16-11-19-15(10-20-16)17(23)21-9-14-2-1-7-24-14/h3-6,10-11,14H,1-2,7,9H2,(H,20,22)(H,21,23). The molecule has 122 valence electrons. The smallest absolute Gasteiger partial charge is 0.271 e. The fourth-order valence-electron chi connectivity index (χ4n) is 2.39. The molecule has 1 aliphatic heterocycles. The summed E-state index contributed by atoms with van der Waals surface area (Å²) in [6.45, 7) is 1.25. The zero-order chi connectivity index (χ0) is 16.8. The molecule has 1 aromatic heterocycles. The van der Waals surface area contributed by atoms with Crippen LogP contribution in [0.15, 0.2) is 36.7 Å². The lowest BCUT2D eigenvalue weighted by molar-refractivity contribution is 0.0853. The second-order valence-corrected chi connectivity index (χ2v) is 5.45. The number of anilines is 2. The Balaban J connectivity index is 1.55. The predicted octanol–water partition coefficient (Wildman–Crippen LogP) is 2.00. The Bertz CT molecular complexity index is 731. The van der Waals surface area contributed by atoms with Gasteiger partial charge in [0.05, 0.1) is 30.1 Å². The second-order valence-electron chi connectivity index (χ2n) is 5.45. The number of nitrogens with zero attached hydrogens (tertiary/aromatic N) is 3. The van der Waals surface area contributed by atoms with Gasteiger partial charge in [0.2, 0.25) is 0 Å². The van der Waals surface area contributed by atoms with Crippen molar-refractivity contribution in [3.63, 3.8) is 0 Å². The highest BCUT2D eigenvalue weighted by atomic mass is 16.5. The van der Waals surface area contributed by atoms with E-state index in [0.717, 1.165) is 25.1 Å². The van der Waals surface area contributed by atoms with Crippen molar-refractivity contribution in [3.8, 4) is 6.07 Å². The van der Waals surface area contributed by atoms with Crippen molar-refractivity contribution >= 4 is 17.4 Å². The maximum Gasteiger partial charge on any atom is 0.271 e. The van der Waals surface area contributed by atoms with Crippen molar-refractivity contribution in [3.05, 3.63) is 47.9 Å². The fraction of sp³-hybridized carbons (Fsp3) is 0.294. The van der Waals surface area contributed by atoms with Crippen LogP contribution in [-0.2, 0) is 4.74 Å². The van der Waals surface area contributed by atoms with Crippen LogP contribution in [0.2, 0.25) is 0 Å². The number of hydrogen-bond acceptors (Lipinski definition) is 6. The van der Waals surface area contributed by atoms with Crippen LogP contribution in [0.25, 0.3) is 0 Å². The minimum absolute atomic E-state index is 0.0965. The first-order valence-electron chi connectivity index (χ1n) is 7.73. The molecule has 1 unspecified atom stereocenters. The Morgan fingerprint density at radius 2 is 2.12 bits per heavy atom. The summed E-state index contributed by atoms with van der Waals surface area (Å²) >= 11 is 0. The van der Waals surface area contributed by atoms with Crippen LogP contribution < -0.4 is 10.6 Å². The van der Waals surface area contributed by atoms with E-state index in [9.17, 15) is 4.79 Å². The van der Waals surface area contributed by atoms with Gasteiger partial charge in [-0.05, 0) is 37.1 Å². The molecule has 1 amide bonds. The third-order valence-electron chi connectivity index (χ3n) is 3.69. The number of rotatable bonds is 5. The van der Waals surface area contributed by atoms with Gasteiger partial charge >= 0.3 is 0 Å². The highest BCUT2D eigenvalue weighted by molar-refractivity contribution is 5.92. The Morgan fingerprint density at radius 1 is 1.29 bits per heavy atom. The Hall–Kier alpha value is -2.98. The van der Waals surface area contributed by atoms with Crippen molar-refractivity contribution in [2.75, 3.05) is 18.5 Å². The van der Waals surface area contributed by atoms with E-state index in [1.54, 1.807) is 24.3 Å². The van der Waals surface area contributed by atoms with E-state index >= 15 is 0 Å². The zero-order valence-electron chi connectivity index (χ0n) is 13.0. The van der Waals surface area contributed by atoms with E-state index in [1.807, 2.05) is 0 Å². The van der Waals surface area contributed by atoms with Gasteiger partial charge in [-0.1, -0.05) is 0 Å². The van der Waals surface area contributed by atoms with Crippen LogP contribution in [0.5, 0.6) is 0 Å². The molecule has 0 aliphatic carbocycles. The van der Waals surface area contributed by atoms with E-state index < -0.39 is 0 Å². The molecule has 0 spiro atoms. The third kappa shape index (κ3) is 4.06. The molecule has 1 aromatic carbocycles. The summed E-state index contributed by atoms with van der Waals surface area (Å²) in [5.41, 5.74) is 1.64. The average molecular weight is 323 g/mol. The summed E-state index contributed by atoms with van der Waals surface area (Å²) in [6.07, 6.45) is 5.03. The number of ether oxygens (including phenoxy) is 1. The molecule has 2 heterocycles. The van der Waals surface area contributed by atoms with Crippen LogP contribution in [0.4, 0.5) is 11.5 Å². The van der Waals surface area contributed by atoms with Gasteiger partial charge in [0, 0.05) is 18.8 Å². The molecule has 1 aliphatic rings. The van der Waals surface area contributed by atoms with E-state index in [0.29, 0.717) is 17.9 Å². The summed E-state index contributed by atoms with van der Waals surface area (Å²) in [5, 5.41) is 14.6. The highest BCUT2D eigenvalue weighted by Crippen LogP contribution is 2.14. The minimum Gasteiger partial charge on any atom is -0.376 e. The molecular formula is C17H17N5O2. The number of benzene rings is 1. The maximum atomic E-state index is 12.0. The van der Waals surface area contributed by atoms with Crippen molar-refractivity contribution in [2.45, 2.75) is 18.9 Å². The second kappa shape index (κ2) is 7.53. The SMILES string of the molecule is N#Cc1ccc(Nc2cnc(C(=O)NCC3CCCO3)cn2)cc1. The maximum absolute atomic E-state index is 12.0. The predicted molar refractivity (Wildman–Crippen MR) is 87.8 cm³/mol. The first-order valence-corrected chi connectivity index (χ1v) is 7.73. The summed E-state index contributed by atoms with van der Waals surface area (Å²) < 4.78 is 5.46. The number of amides is 1. The van der Waals surface area contributed by atoms with Crippen molar-refractivity contribution < 1.29 is 9.53 Å². The third-order valence-corrected chi connectivity index (χ3v) is 3.69. The monoisotopic (exact) mass is 323 g/mol. The Morgan fingerprint density at radius 3 is 2.75 bits per heavy atom. The summed E-state index contributed by atoms with van der Waals surface area (Å²) in [6, 6.07) is 9.04. The number of carbonyl (C=O) groups excluding carboxylic acids is 1. The van der Waals surface area contributed by atoms with Gasteiger partial charge in [0.25, 0.3) is 5.91 Å². The van der Waals surface area contributed by atoms with E-state index in [2.05, 4.69) is 26.7 Å². The number of carbonyl (C=O) groups is 1. The molecule has 0 radical (unpaired) electrons. The van der Waals surface area contributed by atoms with Gasteiger partial charge in [0.15, 0.2) is 0 Å². The molecule has 1 fully saturated rings. The number of aromatic nitrogens is 2. The summed E-state index contributed by atoms with van der Waals surface area (Å²) in [5.74, 6) is 0.262. The van der Waals surface area contributed by atoms with Crippen molar-refractivity contribution in [2.24, 2.45) is 0 Å². The van der Waals surface area contributed by atoms with E-state index in [4.69, 9.17) is 10.00 Å². The van der Waals surface area contributed by atoms with Gasteiger partial charge in [0.1, 0.15) is 11.5 Å². The van der Waals surface area contributed by atoms with Gasteiger partial charge in [-0.3, -0.25) is 4.79 Å². The lowest BCUT2D eigenvalue weighted by Gasteiger charge is -2.10. The summed E-state index contributed by atoms with van der Waals surface area (Å²) in [7, 11) is 0. The first-order chi connectivity index (χ1) is 11.7. The van der Waals surface area contributed by atoms with Gasteiger partial charge in [-0.15, -0.1) is 0 Å². The quantitative estimate of drug-likeness (QED) is 0.873. The topological polar surface area (TPSA) is 99.9 Å². The molecule has 1 saturated heterocycles. The van der Waals surface area contributed by atoms with E-state index in [-0.39, 0.29) is 17.7 Å². The van der Waals surface area contributed by atoms with Crippen LogP contribution >= 0.6 is 0 Å². The van der Waals surface area contributed by atoms with Crippen molar-refractivity contribution in [1.29, 1.82) is 5.26 Å². The minimum atomic E-state index is -0.261. The molecule has 7 nitrogen and oxygen atoms in total. The zero-order valence-corrected chi connectivity index (χ0v) is 13.0. The molecule has 3 rings (SSSR count). The normalized spacial score (nSPS) is 16.4. The Kier molecular flexibility index (Phi) is 4.99. The van der Waals surface area contributed by atoms with Crippen LogP contribution in [0.1, 0.15) is 28.9 Å². The Labute approximate surface area is 139 Å². The number of nitriles is 1. The van der Waals surface area contributed by atoms with Crippen LogP contribution in [0.3, 0.4) is 0 Å². The molecule has 1 atom stereocenters. The van der Waals surface area contributed by atoms with Crippen LogP contribution in [0, 0.1) is 11.3 Å². The lowest BCUT2D eigenvalue weighted by atomic mass is 10.2. The fourth-order valence-corrected chi connectivity index (χ4v) is 2.39.